The molecular formula is C22H26FN6O3S+. The number of nitrogens with two attached hydrogens (primary N) is 1. The van der Waals surface area contributed by atoms with Crippen molar-refractivity contribution in [3.8, 4) is 0 Å². The number of halogens is 1. The normalized spacial score (nSPS) is 14.0. The highest BCUT2D eigenvalue weighted by Crippen LogP contribution is 2.35. The van der Waals surface area contributed by atoms with Gasteiger partial charge in [-0.25, -0.2) is 14.6 Å². The number of aromatic nitrogens is 4. The van der Waals surface area contributed by atoms with Gasteiger partial charge in [0.1, 0.15) is 6.33 Å². The zero-order valence-electron chi connectivity index (χ0n) is 17.9. The first-order chi connectivity index (χ1) is 16.1. The van der Waals surface area contributed by atoms with Gasteiger partial charge < -0.3 is 15.0 Å². The van der Waals surface area contributed by atoms with E-state index in [9.17, 15) is 14.4 Å². The smallest absolute Gasteiger partial charge is 0.258 e. The van der Waals surface area contributed by atoms with Gasteiger partial charge in [-0.1, -0.05) is 12.8 Å². The number of aliphatic hydroxyl groups excluding tert-OH is 1. The number of rotatable bonds is 9. The molecule has 5 N–H and O–H groups in total. The number of amides is 1. The molecule has 4 rings (SSSR count). The van der Waals surface area contributed by atoms with Crippen LogP contribution in [0.25, 0.3) is 0 Å². The first kappa shape index (κ1) is 23.3. The molecule has 1 amide bonds. The van der Waals surface area contributed by atoms with E-state index < -0.39 is 11.7 Å². The minimum atomic E-state index is -0.574. The predicted octanol–water partition coefficient (Wildman–Crippen LogP) is 2.84. The van der Waals surface area contributed by atoms with Crippen LogP contribution in [-0.2, 0) is 6.54 Å². The molecule has 1 aliphatic carbocycles. The fraction of sp³-hybridized carbons (Fsp3) is 0.364. The Labute approximate surface area is 194 Å². The van der Waals surface area contributed by atoms with Crippen molar-refractivity contribution in [3.05, 3.63) is 53.7 Å². The number of anilines is 1. The van der Waals surface area contributed by atoms with Gasteiger partial charge in [-0.05, 0) is 54.6 Å². The number of pyridine rings is 1. The fourth-order valence-electron chi connectivity index (χ4n) is 3.91. The van der Waals surface area contributed by atoms with Crippen molar-refractivity contribution in [1.29, 1.82) is 0 Å². The van der Waals surface area contributed by atoms with Gasteiger partial charge >= 0.3 is 0 Å². The van der Waals surface area contributed by atoms with E-state index in [2.05, 4.69) is 20.5 Å². The number of nitrogens with zero attached hydrogens (tertiary/aromatic N) is 4. The summed E-state index contributed by atoms with van der Waals surface area (Å²) >= 11 is 1.22. The van der Waals surface area contributed by atoms with E-state index in [4.69, 9.17) is 5.11 Å². The van der Waals surface area contributed by atoms with Crippen molar-refractivity contribution in [2.45, 2.75) is 54.6 Å². The predicted molar refractivity (Wildman–Crippen MR) is 119 cm³/mol. The molecule has 2 heterocycles. The van der Waals surface area contributed by atoms with E-state index >= 15 is 0 Å². The SMILES string of the molecule is O=C(Nc1ncc(C2CCCC2)cc1F)c1cc([NH2+]O)ccc1Sc1nncn1CCCO. The summed E-state index contributed by atoms with van der Waals surface area (Å²) < 4.78 is 16.5. The Hall–Kier alpha value is -2.86. The zero-order chi connectivity index (χ0) is 23.2. The van der Waals surface area contributed by atoms with Gasteiger partial charge in [0.05, 0.1) is 5.56 Å². The van der Waals surface area contributed by atoms with Crippen LogP contribution in [0.15, 0.2) is 46.8 Å². The zero-order valence-corrected chi connectivity index (χ0v) is 18.8. The first-order valence-electron chi connectivity index (χ1n) is 10.8. The van der Waals surface area contributed by atoms with Crippen LogP contribution in [0.4, 0.5) is 15.9 Å². The average Bonchev–Trinajstić information content (AvgIpc) is 3.51. The lowest BCUT2D eigenvalue weighted by Gasteiger charge is -2.13. The second kappa shape index (κ2) is 10.8. The van der Waals surface area contributed by atoms with Crippen molar-refractivity contribution in [2.75, 3.05) is 11.9 Å². The lowest BCUT2D eigenvalue weighted by Crippen LogP contribution is -2.73. The molecule has 1 aliphatic rings. The number of carbonyl (C=O) groups is 1. The summed E-state index contributed by atoms with van der Waals surface area (Å²) in [5, 5.41) is 29.6. The molecule has 0 saturated heterocycles. The summed E-state index contributed by atoms with van der Waals surface area (Å²) in [5.74, 6) is -0.944. The molecule has 11 heteroatoms. The Kier molecular flexibility index (Phi) is 7.65. The highest BCUT2D eigenvalue weighted by Gasteiger charge is 2.21. The third-order valence-electron chi connectivity index (χ3n) is 5.66. The summed E-state index contributed by atoms with van der Waals surface area (Å²) in [6, 6.07) is 6.30. The molecule has 1 aromatic carbocycles. The van der Waals surface area contributed by atoms with Crippen LogP contribution in [0.2, 0.25) is 0 Å². The number of carbonyl (C=O) groups excluding carboxylic acids is 1. The van der Waals surface area contributed by atoms with E-state index in [0.717, 1.165) is 36.7 Å². The third kappa shape index (κ3) is 5.56. The van der Waals surface area contributed by atoms with Crippen molar-refractivity contribution >= 4 is 29.2 Å². The van der Waals surface area contributed by atoms with Crippen molar-refractivity contribution in [3.63, 3.8) is 0 Å². The molecule has 0 unspecified atom stereocenters. The fourth-order valence-corrected chi connectivity index (χ4v) is 4.85. The molecule has 9 nitrogen and oxygen atoms in total. The molecule has 174 valence electrons. The van der Waals surface area contributed by atoms with E-state index in [1.54, 1.807) is 29.2 Å². The molecular weight excluding hydrogens is 447 g/mol. The Morgan fingerprint density at radius 3 is 2.85 bits per heavy atom. The van der Waals surface area contributed by atoms with E-state index in [0.29, 0.717) is 34.6 Å². The van der Waals surface area contributed by atoms with Gasteiger partial charge in [0.15, 0.2) is 22.5 Å². The minimum absolute atomic E-state index is 0.0368. The molecule has 0 atom stereocenters. The van der Waals surface area contributed by atoms with Gasteiger partial charge in [0, 0.05) is 36.4 Å². The van der Waals surface area contributed by atoms with Crippen LogP contribution in [0, 0.1) is 5.82 Å². The molecule has 1 fully saturated rings. The maximum atomic E-state index is 14.7. The van der Waals surface area contributed by atoms with Crippen LogP contribution in [-0.4, -0.2) is 42.6 Å². The maximum Gasteiger partial charge on any atom is 0.258 e. The van der Waals surface area contributed by atoms with E-state index in [1.807, 2.05) is 0 Å². The summed E-state index contributed by atoms with van der Waals surface area (Å²) in [6.45, 7) is 0.563. The van der Waals surface area contributed by atoms with Crippen molar-refractivity contribution in [1.82, 2.24) is 19.7 Å². The lowest BCUT2D eigenvalue weighted by atomic mass is 9.99. The molecule has 0 radical (unpaired) electrons. The van der Waals surface area contributed by atoms with Gasteiger partial charge in [-0.15, -0.1) is 10.2 Å². The highest BCUT2D eigenvalue weighted by atomic mass is 32.2. The Balaban J connectivity index is 1.56. The first-order valence-corrected chi connectivity index (χ1v) is 11.7. The lowest BCUT2D eigenvalue weighted by molar-refractivity contribution is -0.825. The van der Waals surface area contributed by atoms with Crippen LogP contribution >= 0.6 is 11.8 Å². The van der Waals surface area contributed by atoms with E-state index in [1.165, 1.54) is 23.9 Å². The van der Waals surface area contributed by atoms with Crippen molar-refractivity contribution < 1.29 is 25.0 Å². The highest BCUT2D eigenvalue weighted by molar-refractivity contribution is 7.99. The average molecular weight is 474 g/mol. The third-order valence-corrected chi connectivity index (χ3v) is 6.73. The van der Waals surface area contributed by atoms with Crippen molar-refractivity contribution in [2.24, 2.45) is 0 Å². The quantitative estimate of drug-likeness (QED) is 0.278. The van der Waals surface area contributed by atoms with Crippen LogP contribution in [0.1, 0.15) is 53.9 Å². The Morgan fingerprint density at radius 2 is 2.12 bits per heavy atom. The number of benzene rings is 1. The number of aryl methyl sites for hydroxylation is 1. The maximum absolute atomic E-state index is 14.7. The largest absolute Gasteiger partial charge is 0.396 e. The minimum Gasteiger partial charge on any atom is -0.396 e. The van der Waals surface area contributed by atoms with Gasteiger partial charge in [0.25, 0.3) is 5.91 Å². The molecule has 0 bridgehead atoms. The Bertz CT molecular complexity index is 1120. The molecule has 3 aromatic rings. The monoisotopic (exact) mass is 473 g/mol. The van der Waals surface area contributed by atoms with Crippen LogP contribution < -0.4 is 10.8 Å². The molecule has 2 aromatic heterocycles. The molecule has 1 saturated carbocycles. The molecule has 33 heavy (non-hydrogen) atoms. The van der Waals surface area contributed by atoms with E-state index in [-0.39, 0.29) is 18.0 Å². The van der Waals surface area contributed by atoms with Crippen LogP contribution in [0.5, 0.6) is 0 Å². The second-order valence-electron chi connectivity index (χ2n) is 7.91. The summed E-state index contributed by atoms with van der Waals surface area (Å²) in [4.78, 5) is 17.8. The second-order valence-corrected chi connectivity index (χ2v) is 8.91. The molecule has 0 aliphatic heterocycles. The van der Waals surface area contributed by atoms with Gasteiger partial charge in [-0.2, -0.15) is 5.48 Å². The topological polar surface area (TPSA) is 130 Å². The Morgan fingerprint density at radius 1 is 1.30 bits per heavy atom. The standard InChI is InChI=1S/C22H25FN6O3S/c23-18-10-15(14-4-1-2-5-14)12-24-20(18)26-21(31)17-11-16(28-32)6-7-19(17)33-22-27-25-13-29(22)8-3-9-30/h6-7,10-14,28,30,32H,1-5,8-9H2,(H,24,26,31)/p+1. The van der Waals surface area contributed by atoms with Gasteiger partial charge in [0.2, 0.25) is 0 Å². The number of quaternary nitrogens is 1. The molecule has 0 spiro atoms. The summed E-state index contributed by atoms with van der Waals surface area (Å²) in [6.07, 6.45) is 8.06. The van der Waals surface area contributed by atoms with Gasteiger partial charge in [-0.3, -0.25) is 4.79 Å². The number of nitrogens with one attached hydrogen (secondary N) is 1. The van der Waals surface area contributed by atoms with Crippen LogP contribution in [0.3, 0.4) is 0 Å². The number of aliphatic hydroxyl groups is 1. The summed E-state index contributed by atoms with van der Waals surface area (Å²) in [7, 11) is 0. The number of hydrogen-bond donors (Lipinski definition) is 4. The summed E-state index contributed by atoms with van der Waals surface area (Å²) in [5.41, 5.74) is 2.42. The number of hydrogen-bond acceptors (Lipinski definition) is 7.